The first-order chi connectivity index (χ1) is 9.17. The first-order valence-corrected chi connectivity index (χ1v) is 7.23. The minimum Gasteiger partial charge on any atom is -0.339 e. The standard InChI is InChI=1S/C14H22N4O/c1-3-18-9-10(8-15-18)14(19)17(2)13-6-11-4-5-12(7-13)16-11/h8-9,11-13,16H,3-7H2,1-2H3. The molecule has 5 heteroatoms. The molecule has 1 aromatic rings. The van der Waals surface area contributed by atoms with Gasteiger partial charge in [0.05, 0.1) is 11.8 Å². The molecular weight excluding hydrogens is 240 g/mol. The first kappa shape index (κ1) is 12.7. The summed E-state index contributed by atoms with van der Waals surface area (Å²) in [6, 6.07) is 1.59. The first-order valence-electron chi connectivity index (χ1n) is 7.23. The van der Waals surface area contributed by atoms with Crippen LogP contribution in [-0.2, 0) is 6.54 Å². The molecular formula is C14H22N4O. The number of nitrogens with one attached hydrogen (secondary N) is 1. The predicted molar refractivity (Wildman–Crippen MR) is 73.0 cm³/mol. The highest BCUT2D eigenvalue weighted by Crippen LogP contribution is 2.29. The van der Waals surface area contributed by atoms with E-state index in [1.807, 2.05) is 25.1 Å². The van der Waals surface area contributed by atoms with Gasteiger partial charge in [-0.05, 0) is 32.6 Å². The molecule has 0 radical (unpaired) electrons. The normalized spacial score (nSPS) is 29.5. The Hall–Kier alpha value is -1.36. The van der Waals surface area contributed by atoms with Crippen molar-refractivity contribution in [3.05, 3.63) is 18.0 Å². The molecule has 2 atom stereocenters. The van der Waals surface area contributed by atoms with Crippen LogP contribution < -0.4 is 5.32 Å². The van der Waals surface area contributed by atoms with Gasteiger partial charge in [0.15, 0.2) is 0 Å². The van der Waals surface area contributed by atoms with Gasteiger partial charge in [-0.15, -0.1) is 0 Å². The van der Waals surface area contributed by atoms with Crippen molar-refractivity contribution in [3.8, 4) is 0 Å². The molecule has 1 amide bonds. The fraction of sp³-hybridized carbons (Fsp3) is 0.714. The number of carbonyl (C=O) groups excluding carboxylic acids is 1. The summed E-state index contributed by atoms with van der Waals surface area (Å²) in [4.78, 5) is 14.4. The average Bonchev–Trinajstić information content (AvgIpc) is 3.03. The van der Waals surface area contributed by atoms with Crippen molar-refractivity contribution in [1.82, 2.24) is 20.0 Å². The zero-order valence-corrected chi connectivity index (χ0v) is 11.7. The highest BCUT2D eigenvalue weighted by atomic mass is 16.2. The second-order valence-corrected chi connectivity index (χ2v) is 5.76. The smallest absolute Gasteiger partial charge is 0.257 e. The van der Waals surface area contributed by atoms with Crippen molar-refractivity contribution in [3.63, 3.8) is 0 Å². The third kappa shape index (κ3) is 2.39. The maximum absolute atomic E-state index is 12.5. The van der Waals surface area contributed by atoms with Gasteiger partial charge in [0.25, 0.3) is 5.91 Å². The number of nitrogens with zero attached hydrogens (tertiary/aromatic N) is 3. The number of carbonyl (C=O) groups is 1. The van der Waals surface area contributed by atoms with E-state index in [-0.39, 0.29) is 5.91 Å². The summed E-state index contributed by atoms with van der Waals surface area (Å²) in [5.74, 6) is 0.103. The van der Waals surface area contributed by atoms with Crippen molar-refractivity contribution < 1.29 is 4.79 Å². The number of hydrogen-bond donors (Lipinski definition) is 1. The van der Waals surface area contributed by atoms with Gasteiger partial charge in [0.2, 0.25) is 0 Å². The predicted octanol–water partition coefficient (Wildman–Crippen LogP) is 1.26. The molecule has 3 rings (SSSR count). The van der Waals surface area contributed by atoms with Gasteiger partial charge in [-0.3, -0.25) is 9.48 Å². The Bertz CT molecular complexity index is 458. The molecule has 19 heavy (non-hydrogen) atoms. The minimum atomic E-state index is 0.103. The number of fused-ring (bicyclic) bond motifs is 2. The maximum Gasteiger partial charge on any atom is 0.257 e. The van der Waals surface area contributed by atoms with E-state index in [4.69, 9.17) is 0 Å². The SMILES string of the molecule is CCn1cc(C(=O)N(C)C2CC3CCC(C2)N3)cn1. The fourth-order valence-electron chi connectivity index (χ4n) is 3.36. The summed E-state index contributed by atoms with van der Waals surface area (Å²) < 4.78 is 1.80. The Morgan fingerprint density at radius 3 is 2.74 bits per heavy atom. The van der Waals surface area contributed by atoms with Crippen LogP contribution in [0.4, 0.5) is 0 Å². The van der Waals surface area contributed by atoms with E-state index in [1.54, 1.807) is 10.9 Å². The minimum absolute atomic E-state index is 0.103. The van der Waals surface area contributed by atoms with Crippen LogP contribution in [0.3, 0.4) is 0 Å². The molecule has 2 saturated heterocycles. The Balaban J connectivity index is 1.69. The van der Waals surface area contributed by atoms with Crippen molar-refractivity contribution in [2.24, 2.45) is 0 Å². The average molecular weight is 262 g/mol. The quantitative estimate of drug-likeness (QED) is 0.892. The lowest BCUT2D eigenvalue weighted by atomic mass is 9.98. The van der Waals surface area contributed by atoms with E-state index in [0.717, 1.165) is 19.4 Å². The van der Waals surface area contributed by atoms with E-state index >= 15 is 0 Å². The van der Waals surface area contributed by atoms with Crippen molar-refractivity contribution in [2.75, 3.05) is 7.05 Å². The van der Waals surface area contributed by atoms with Gasteiger partial charge in [0.1, 0.15) is 0 Å². The topological polar surface area (TPSA) is 50.2 Å². The zero-order chi connectivity index (χ0) is 13.4. The molecule has 0 aliphatic carbocycles. The summed E-state index contributed by atoms with van der Waals surface area (Å²) in [5.41, 5.74) is 0.704. The van der Waals surface area contributed by atoms with E-state index in [0.29, 0.717) is 23.7 Å². The van der Waals surface area contributed by atoms with Crippen molar-refractivity contribution >= 4 is 5.91 Å². The number of aromatic nitrogens is 2. The number of rotatable bonds is 3. The summed E-state index contributed by atoms with van der Waals surface area (Å²) in [7, 11) is 1.93. The van der Waals surface area contributed by atoms with E-state index < -0.39 is 0 Å². The lowest BCUT2D eigenvalue weighted by Gasteiger charge is -2.35. The second-order valence-electron chi connectivity index (χ2n) is 5.76. The van der Waals surface area contributed by atoms with Crippen LogP contribution in [0.2, 0.25) is 0 Å². The number of aryl methyl sites for hydroxylation is 1. The van der Waals surface area contributed by atoms with Gasteiger partial charge < -0.3 is 10.2 Å². The second kappa shape index (κ2) is 4.96. The monoisotopic (exact) mass is 262 g/mol. The number of hydrogen-bond acceptors (Lipinski definition) is 3. The third-order valence-electron chi connectivity index (χ3n) is 4.52. The zero-order valence-electron chi connectivity index (χ0n) is 11.7. The molecule has 2 unspecified atom stereocenters. The van der Waals surface area contributed by atoms with E-state index in [1.165, 1.54) is 12.8 Å². The van der Waals surface area contributed by atoms with Gasteiger partial charge in [-0.1, -0.05) is 0 Å². The number of amides is 1. The molecule has 0 aromatic carbocycles. The van der Waals surface area contributed by atoms with Crippen LogP contribution in [0.15, 0.2) is 12.4 Å². The Labute approximate surface area is 114 Å². The molecule has 1 N–H and O–H groups in total. The molecule has 0 spiro atoms. The molecule has 2 aliphatic heterocycles. The van der Waals surface area contributed by atoms with Crippen LogP contribution in [0.25, 0.3) is 0 Å². The molecule has 1 aromatic heterocycles. The van der Waals surface area contributed by atoms with Crippen LogP contribution in [0, 0.1) is 0 Å². The van der Waals surface area contributed by atoms with Crippen LogP contribution in [-0.4, -0.2) is 45.8 Å². The van der Waals surface area contributed by atoms with E-state index in [2.05, 4.69) is 10.4 Å². The Morgan fingerprint density at radius 1 is 1.47 bits per heavy atom. The Morgan fingerprint density at radius 2 is 2.16 bits per heavy atom. The van der Waals surface area contributed by atoms with Crippen molar-refractivity contribution in [1.29, 1.82) is 0 Å². The summed E-state index contributed by atoms with van der Waals surface area (Å²) >= 11 is 0. The largest absolute Gasteiger partial charge is 0.339 e. The molecule has 2 fully saturated rings. The Kier molecular flexibility index (Phi) is 3.31. The molecule has 3 heterocycles. The van der Waals surface area contributed by atoms with E-state index in [9.17, 15) is 4.79 Å². The van der Waals surface area contributed by atoms with Gasteiger partial charge in [0, 0.05) is 37.9 Å². The van der Waals surface area contributed by atoms with Gasteiger partial charge in [-0.25, -0.2) is 0 Å². The fourth-order valence-corrected chi connectivity index (χ4v) is 3.36. The highest BCUT2D eigenvalue weighted by Gasteiger charge is 2.36. The lowest BCUT2D eigenvalue weighted by Crippen LogP contribution is -2.48. The summed E-state index contributed by atoms with van der Waals surface area (Å²) in [5, 5.41) is 7.80. The van der Waals surface area contributed by atoms with Crippen LogP contribution in [0.5, 0.6) is 0 Å². The third-order valence-corrected chi connectivity index (χ3v) is 4.52. The molecule has 5 nitrogen and oxygen atoms in total. The maximum atomic E-state index is 12.5. The molecule has 2 bridgehead atoms. The highest BCUT2D eigenvalue weighted by molar-refractivity contribution is 5.93. The van der Waals surface area contributed by atoms with Gasteiger partial charge >= 0.3 is 0 Å². The lowest BCUT2D eigenvalue weighted by molar-refractivity contribution is 0.0681. The number of piperidine rings is 1. The van der Waals surface area contributed by atoms with Crippen molar-refractivity contribution in [2.45, 2.75) is 57.3 Å². The van der Waals surface area contributed by atoms with Crippen LogP contribution >= 0.6 is 0 Å². The molecule has 2 aliphatic rings. The van der Waals surface area contributed by atoms with Gasteiger partial charge in [-0.2, -0.15) is 5.10 Å². The molecule has 0 saturated carbocycles. The summed E-state index contributed by atoms with van der Waals surface area (Å²) in [6.45, 7) is 2.82. The molecule has 104 valence electrons. The summed E-state index contributed by atoms with van der Waals surface area (Å²) in [6.07, 6.45) is 8.21. The van der Waals surface area contributed by atoms with Crippen LogP contribution in [0.1, 0.15) is 43.0 Å².